The minimum absolute atomic E-state index is 0.108. The zero-order valence-corrected chi connectivity index (χ0v) is 11.1. The molecule has 0 spiro atoms. The monoisotopic (exact) mass is 295 g/mol. The van der Waals surface area contributed by atoms with E-state index in [-0.39, 0.29) is 23.5 Å². The fraction of sp³-hybridized carbons (Fsp3) is 0.133. The van der Waals surface area contributed by atoms with Crippen LogP contribution in [-0.2, 0) is 11.0 Å². The normalized spacial score (nSPS) is 11.2. The Morgan fingerprint density at radius 1 is 1.19 bits per heavy atom. The summed E-state index contributed by atoms with van der Waals surface area (Å²) in [5, 5.41) is 0. The second kappa shape index (κ2) is 5.47. The van der Waals surface area contributed by atoms with Crippen molar-refractivity contribution in [3.8, 4) is 16.9 Å². The van der Waals surface area contributed by atoms with Gasteiger partial charge in [-0.1, -0.05) is 24.3 Å². The van der Waals surface area contributed by atoms with Crippen LogP contribution in [0.3, 0.4) is 0 Å². The molecule has 0 saturated carbocycles. The summed E-state index contributed by atoms with van der Waals surface area (Å²) >= 11 is 0. The highest BCUT2D eigenvalue weighted by Gasteiger charge is 2.32. The molecule has 0 unspecified atom stereocenters. The summed E-state index contributed by atoms with van der Waals surface area (Å²) < 4.78 is 43.5. The third-order valence-corrected chi connectivity index (χ3v) is 3.10. The Morgan fingerprint density at radius 2 is 1.90 bits per heavy atom. The van der Waals surface area contributed by atoms with Gasteiger partial charge >= 0.3 is 6.18 Å². The van der Waals surface area contributed by atoms with Gasteiger partial charge < -0.3 is 10.5 Å². The highest BCUT2D eigenvalue weighted by molar-refractivity contribution is 5.81. The fourth-order valence-corrected chi connectivity index (χ4v) is 2.05. The minimum Gasteiger partial charge on any atom is -0.427 e. The molecule has 0 aliphatic heterocycles. The van der Waals surface area contributed by atoms with Crippen LogP contribution in [-0.4, -0.2) is 6.47 Å². The second-order valence-electron chi connectivity index (χ2n) is 4.46. The SMILES string of the molecule is Cc1ccc(-c2cccc(OC=O)c2N)cc1C(F)(F)F. The van der Waals surface area contributed by atoms with Crippen LogP contribution in [0.2, 0.25) is 0 Å². The number of nitrogens with two attached hydrogens (primary N) is 1. The van der Waals surface area contributed by atoms with Gasteiger partial charge in [0.2, 0.25) is 0 Å². The van der Waals surface area contributed by atoms with Crippen molar-refractivity contribution in [1.82, 2.24) is 0 Å². The van der Waals surface area contributed by atoms with E-state index in [0.29, 0.717) is 11.1 Å². The number of halogens is 3. The first-order valence-corrected chi connectivity index (χ1v) is 6.01. The van der Waals surface area contributed by atoms with Crippen LogP contribution in [0.4, 0.5) is 18.9 Å². The number of anilines is 1. The largest absolute Gasteiger partial charge is 0.427 e. The number of hydrogen-bond acceptors (Lipinski definition) is 3. The van der Waals surface area contributed by atoms with Crippen molar-refractivity contribution in [2.45, 2.75) is 13.1 Å². The molecule has 2 aromatic rings. The van der Waals surface area contributed by atoms with Crippen molar-refractivity contribution in [1.29, 1.82) is 0 Å². The van der Waals surface area contributed by atoms with Gasteiger partial charge in [0.15, 0.2) is 5.75 Å². The number of nitrogen functional groups attached to an aromatic ring is 1. The molecule has 110 valence electrons. The molecule has 0 heterocycles. The van der Waals surface area contributed by atoms with Crippen LogP contribution in [0.15, 0.2) is 36.4 Å². The summed E-state index contributed by atoms with van der Waals surface area (Å²) in [4.78, 5) is 10.4. The van der Waals surface area contributed by atoms with Crippen molar-refractivity contribution < 1.29 is 22.7 Å². The number of ether oxygens (including phenoxy) is 1. The van der Waals surface area contributed by atoms with Gasteiger partial charge in [0, 0.05) is 5.56 Å². The summed E-state index contributed by atoms with van der Waals surface area (Å²) in [6, 6.07) is 8.54. The molecule has 0 aliphatic rings. The summed E-state index contributed by atoms with van der Waals surface area (Å²) in [7, 11) is 0. The summed E-state index contributed by atoms with van der Waals surface area (Å²) in [5.74, 6) is 0.108. The van der Waals surface area contributed by atoms with E-state index in [4.69, 9.17) is 10.5 Å². The maximum atomic E-state index is 12.9. The minimum atomic E-state index is -4.44. The van der Waals surface area contributed by atoms with Gasteiger partial charge in [-0.25, -0.2) is 0 Å². The number of alkyl halides is 3. The number of para-hydroxylation sites is 1. The van der Waals surface area contributed by atoms with Gasteiger partial charge in [0.05, 0.1) is 11.3 Å². The topological polar surface area (TPSA) is 52.3 Å². The van der Waals surface area contributed by atoms with E-state index in [1.54, 1.807) is 18.2 Å². The molecule has 0 saturated heterocycles. The van der Waals surface area contributed by atoms with Crippen molar-refractivity contribution in [2.24, 2.45) is 0 Å². The smallest absolute Gasteiger partial charge is 0.416 e. The van der Waals surface area contributed by atoms with E-state index in [2.05, 4.69) is 0 Å². The Morgan fingerprint density at radius 3 is 2.52 bits per heavy atom. The molecule has 0 aromatic heterocycles. The molecule has 3 nitrogen and oxygen atoms in total. The summed E-state index contributed by atoms with van der Waals surface area (Å²) in [6.45, 7) is 1.60. The van der Waals surface area contributed by atoms with E-state index in [1.807, 2.05) is 0 Å². The number of carbonyl (C=O) groups is 1. The van der Waals surface area contributed by atoms with Crippen LogP contribution < -0.4 is 10.5 Å². The maximum Gasteiger partial charge on any atom is 0.416 e. The summed E-state index contributed by atoms with van der Waals surface area (Å²) in [5.41, 5.74) is 6.04. The molecular formula is C15H12F3NO2. The Balaban J connectivity index is 2.58. The van der Waals surface area contributed by atoms with Crippen molar-refractivity contribution >= 4 is 12.2 Å². The van der Waals surface area contributed by atoms with Gasteiger partial charge in [-0.15, -0.1) is 0 Å². The van der Waals surface area contributed by atoms with Crippen molar-refractivity contribution in [3.05, 3.63) is 47.5 Å². The first-order chi connectivity index (χ1) is 9.84. The van der Waals surface area contributed by atoms with E-state index < -0.39 is 11.7 Å². The highest BCUT2D eigenvalue weighted by atomic mass is 19.4. The molecule has 21 heavy (non-hydrogen) atoms. The first kappa shape index (κ1) is 14.9. The standard InChI is InChI=1S/C15H12F3NO2/c1-9-5-6-10(7-12(9)15(16,17)18)11-3-2-4-13(14(11)19)21-8-20/h2-8H,19H2,1H3. The summed E-state index contributed by atoms with van der Waals surface area (Å²) in [6.07, 6.45) is -4.44. The average molecular weight is 295 g/mol. The Kier molecular flexibility index (Phi) is 3.88. The van der Waals surface area contributed by atoms with E-state index >= 15 is 0 Å². The van der Waals surface area contributed by atoms with Crippen LogP contribution in [0.5, 0.6) is 5.75 Å². The molecule has 0 aliphatic carbocycles. The van der Waals surface area contributed by atoms with Crippen LogP contribution in [0.1, 0.15) is 11.1 Å². The predicted molar refractivity (Wildman–Crippen MR) is 72.7 cm³/mol. The zero-order chi connectivity index (χ0) is 15.6. The highest BCUT2D eigenvalue weighted by Crippen LogP contribution is 2.38. The van der Waals surface area contributed by atoms with Crippen molar-refractivity contribution in [3.63, 3.8) is 0 Å². The molecule has 0 radical (unpaired) electrons. The van der Waals surface area contributed by atoms with E-state index in [0.717, 1.165) is 6.07 Å². The van der Waals surface area contributed by atoms with Gasteiger partial charge in [0.25, 0.3) is 6.47 Å². The van der Waals surface area contributed by atoms with Crippen LogP contribution in [0.25, 0.3) is 11.1 Å². The van der Waals surface area contributed by atoms with E-state index in [9.17, 15) is 18.0 Å². The molecule has 2 N–H and O–H groups in total. The number of aryl methyl sites for hydroxylation is 1. The van der Waals surface area contributed by atoms with E-state index in [1.165, 1.54) is 19.1 Å². The zero-order valence-electron chi connectivity index (χ0n) is 11.1. The average Bonchev–Trinajstić information content (AvgIpc) is 2.41. The number of benzene rings is 2. The molecule has 2 rings (SSSR count). The molecule has 0 atom stereocenters. The molecule has 0 bridgehead atoms. The van der Waals surface area contributed by atoms with Gasteiger partial charge in [-0.3, -0.25) is 4.79 Å². The van der Waals surface area contributed by atoms with Crippen LogP contribution >= 0.6 is 0 Å². The maximum absolute atomic E-state index is 12.9. The van der Waals surface area contributed by atoms with Gasteiger partial charge in [-0.05, 0) is 30.2 Å². The number of carbonyl (C=O) groups excluding carboxylic acids is 1. The lowest BCUT2D eigenvalue weighted by atomic mass is 9.98. The first-order valence-electron chi connectivity index (χ1n) is 6.01. The molecule has 0 amide bonds. The molecule has 0 fully saturated rings. The number of hydrogen-bond donors (Lipinski definition) is 1. The van der Waals surface area contributed by atoms with Crippen LogP contribution in [0, 0.1) is 6.92 Å². The lowest BCUT2D eigenvalue weighted by Gasteiger charge is -2.14. The molecule has 6 heteroatoms. The fourth-order valence-electron chi connectivity index (χ4n) is 2.05. The Labute approximate surface area is 119 Å². The molecule has 2 aromatic carbocycles. The Hall–Kier alpha value is -2.50. The predicted octanol–water partition coefficient (Wildman–Crippen LogP) is 3.80. The lowest BCUT2D eigenvalue weighted by Crippen LogP contribution is -2.07. The quantitative estimate of drug-likeness (QED) is 0.692. The second-order valence-corrected chi connectivity index (χ2v) is 4.46. The lowest BCUT2D eigenvalue weighted by molar-refractivity contribution is -0.138. The third-order valence-electron chi connectivity index (χ3n) is 3.10. The van der Waals surface area contributed by atoms with Crippen molar-refractivity contribution in [2.75, 3.05) is 5.73 Å². The van der Waals surface area contributed by atoms with Gasteiger partial charge in [0.1, 0.15) is 0 Å². The van der Waals surface area contributed by atoms with Gasteiger partial charge in [-0.2, -0.15) is 13.2 Å². The Bertz CT molecular complexity index is 681. The third kappa shape index (κ3) is 2.99. The number of rotatable bonds is 3. The molecular weight excluding hydrogens is 283 g/mol.